The number of aliphatic hydroxyl groups is 1. The predicted octanol–water partition coefficient (Wildman–Crippen LogP) is 13.5. The molecule has 0 spiro atoms. The summed E-state index contributed by atoms with van der Waals surface area (Å²) < 4.78 is 22.7. The van der Waals surface area contributed by atoms with Gasteiger partial charge in [0.2, 0.25) is 0 Å². The minimum atomic E-state index is -0.496. The molecule has 10 heteroatoms. The summed E-state index contributed by atoms with van der Waals surface area (Å²) in [6.07, 6.45) is 34.7. The monoisotopic (exact) mass is 882 g/mol. The van der Waals surface area contributed by atoms with Gasteiger partial charge >= 0.3 is 12.3 Å². The van der Waals surface area contributed by atoms with E-state index in [9.17, 15) is 14.7 Å². The Hall–Kier alpha value is -1.62. The largest absolute Gasteiger partial charge is 0.508 e. The van der Waals surface area contributed by atoms with E-state index in [4.69, 9.17) is 18.9 Å². The van der Waals surface area contributed by atoms with Crippen LogP contribution < -0.4 is 0 Å². The van der Waals surface area contributed by atoms with Crippen molar-refractivity contribution in [1.29, 1.82) is 0 Å². The fraction of sp³-hybridized carbons (Fsp3) is 0.962. The van der Waals surface area contributed by atoms with Crippen molar-refractivity contribution in [2.75, 3.05) is 72.6 Å². The average Bonchev–Trinajstić information content (AvgIpc) is 3.25. The Bertz CT molecular complexity index is 922. The van der Waals surface area contributed by atoms with Gasteiger partial charge in [-0.2, -0.15) is 0 Å². The molecule has 0 aromatic carbocycles. The van der Waals surface area contributed by atoms with E-state index in [1.54, 1.807) is 0 Å². The van der Waals surface area contributed by atoms with E-state index >= 15 is 0 Å². The van der Waals surface area contributed by atoms with Gasteiger partial charge in [0.1, 0.15) is 12.2 Å². The summed E-state index contributed by atoms with van der Waals surface area (Å²) in [7, 11) is 2.17. The van der Waals surface area contributed by atoms with Crippen LogP contribution in [0.2, 0.25) is 0 Å². The maximum absolute atomic E-state index is 12.6. The molecule has 0 bridgehead atoms. The Balaban J connectivity index is 2.43. The highest BCUT2D eigenvalue weighted by Crippen LogP contribution is 2.19. The molecular weight excluding hydrogens is 779 g/mol. The Morgan fingerprint density at radius 1 is 0.484 bits per heavy atom. The van der Waals surface area contributed by atoms with Crippen molar-refractivity contribution in [1.82, 2.24) is 14.7 Å². The Morgan fingerprint density at radius 2 is 0.823 bits per heavy atom. The van der Waals surface area contributed by atoms with Crippen LogP contribution in [0.5, 0.6) is 0 Å². The standard InChI is InChI=1S/C52H103N3O7/c1-6-10-14-18-20-28-36-49(34-26-16-12-8-3)61-51(57)59-44-32-24-22-30-38-54(46-48(56)47-55-42-40-53(5)41-43-55)39-31-23-25-33-45-60-52(58)62-50(35-27-17-13-9-4)37-29-21-19-15-11-7-2/h48-50,56H,6-47H2,1-5H3. The Kier molecular flexibility index (Phi) is 40.8. The topological polar surface area (TPSA) is 101 Å². The van der Waals surface area contributed by atoms with Crippen molar-refractivity contribution >= 4 is 12.3 Å². The van der Waals surface area contributed by atoms with Gasteiger partial charge in [0.15, 0.2) is 0 Å². The molecule has 10 nitrogen and oxygen atoms in total. The number of likely N-dealkylation sites (N-methyl/N-ethyl adjacent to an activating group) is 1. The zero-order chi connectivity index (χ0) is 45.1. The second kappa shape index (κ2) is 43.3. The number of unbranched alkanes of at least 4 members (excludes halogenated alkanes) is 22. The summed E-state index contributed by atoms with van der Waals surface area (Å²) in [5.74, 6) is 0. The molecule has 62 heavy (non-hydrogen) atoms. The number of aliphatic hydroxyl groups excluding tert-OH is 1. The predicted molar refractivity (Wildman–Crippen MR) is 259 cm³/mol. The molecule has 1 N–H and O–H groups in total. The van der Waals surface area contributed by atoms with E-state index in [-0.39, 0.29) is 18.3 Å². The Morgan fingerprint density at radius 3 is 1.23 bits per heavy atom. The molecular formula is C52H103N3O7. The molecule has 368 valence electrons. The number of hydrogen-bond donors (Lipinski definition) is 1. The molecule has 3 atom stereocenters. The van der Waals surface area contributed by atoms with Gasteiger partial charge in [0.25, 0.3) is 0 Å². The quantitative estimate of drug-likeness (QED) is 0.0470. The van der Waals surface area contributed by atoms with Crippen molar-refractivity contribution in [2.45, 2.75) is 251 Å². The molecule has 1 saturated heterocycles. The summed E-state index contributed by atoms with van der Waals surface area (Å²) in [6.45, 7) is 17.2. The van der Waals surface area contributed by atoms with E-state index < -0.39 is 12.3 Å². The number of carbonyl (C=O) groups is 2. The van der Waals surface area contributed by atoms with Crippen LogP contribution in [0.15, 0.2) is 0 Å². The SMILES string of the molecule is CCCCCCCCC(CCCCCC)OC(=O)OCCCCCCN(CCCCCCOC(=O)OC(CCCCCC)CCCCCCCC)CC(O)CN1CCN(C)CC1. The zero-order valence-corrected chi connectivity index (χ0v) is 41.7. The minimum Gasteiger partial charge on any atom is -0.434 e. The molecule has 0 saturated carbocycles. The van der Waals surface area contributed by atoms with E-state index in [0.717, 1.165) is 149 Å². The third-order valence-electron chi connectivity index (χ3n) is 12.8. The van der Waals surface area contributed by atoms with Gasteiger partial charge in [-0.3, -0.25) is 4.90 Å². The molecule has 1 aliphatic heterocycles. The van der Waals surface area contributed by atoms with Crippen LogP contribution in [0.1, 0.15) is 233 Å². The lowest BCUT2D eigenvalue weighted by Gasteiger charge is -2.34. The highest BCUT2D eigenvalue weighted by Gasteiger charge is 2.20. The van der Waals surface area contributed by atoms with Crippen LogP contribution in [0, 0.1) is 0 Å². The minimum absolute atomic E-state index is 0.0255. The first-order valence-corrected chi connectivity index (χ1v) is 26.8. The van der Waals surface area contributed by atoms with Crippen LogP contribution in [0.3, 0.4) is 0 Å². The molecule has 1 rings (SSSR count). The summed E-state index contributed by atoms with van der Waals surface area (Å²) in [5.41, 5.74) is 0. The van der Waals surface area contributed by atoms with Gasteiger partial charge in [-0.05, 0) is 97.2 Å². The van der Waals surface area contributed by atoms with E-state index in [0.29, 0.717) is 19.8 Å². The molecule has 0 amide bonds. The fourth-order valence-corrected chi connectivity index (χ4v) is 8.64. The van der Waals surface area contributed by atoms with Crippen molar-refractivity contribution in [2.24, 2.45) is 0 Å². The van der Waals surface area contributed by atoms with Crippen LogP contribution in [0.25, 0.3) is 0 Å². The summed E-state index contributed by atoms with van der Waals surface area (Å²) in [5, 5.41) is 11.1. The highest BCUT2D eigenvalue weighted by atomic mass is 16.7. The smallest absolute Gasteiger partial charge is 0.434 e. The van der Waals surface area contributed by atoms with Gasteiger partial charge in [-0.25, -0.2) is 9.59 Å². The summed E-state index contributed by atoms with van der Waals surface area (Å²) in [4.78, 5) is 32.4. The van der Waals surface area contributed by atoms with Gasteiger partial charge in [-0.15, -0.1) is 0 Å². The van der Waals surface area contributed by atoms with Crippen molar-refractivity contribution in [3.05, 3.63) is 0 Å². The van der Waals surface area contributed by atoms with E-state index in [1.165, 1.54) is 103 Å². The molecule has 3 unspecified atom stereocenters. The maximum atomic E-state index is 12.6. The highest BCUT2D eigenvalue weighted by molar-refractivity contribution is 5.60. The molecule has 0 aliphatic carbocycles. The lowest BCUT2D eigenvalue weighted by Crippen LogP contribution is -2.49. The Labute approximate surface area is 383 Å². The van der Waals surface area contributed by atoms with Crippen LogP contribution in [-0.4, -0.2) is 123 Å². The third-order valence-corrected chi connectivity index (χ3v) is 12.8. The molecule has 0 aromatic rings. The lowest BCUT2D eigenvalue weighted by atomic mass is 10.0. The average molecular weight is 882 g/mol. The first kappa shape index (κ1) is 58.4. The van der Waals surface area contributed by atoms with Gasteiger partial charge in [-0.1, -0.05) is 156 Å². The maximum Gasteiger partial charge on any atom is 0.508 e. The number of ether oxygens (including phenoxy) is 4. The van der Waals surface area contributed by atoms with Crippen molar-refractivity contribution in [3.63, 3.8) is 0 Å². The summed E-state index contributed by atoms with van der Waals surface area (Å²) in [6, 6.07) is 0. The van der Waals surface area contributed by atoms with E-state index in [1.807, 2.05) is 0 Å². The normalized spacial score (nSPS) is 15.1. The van der Waals surface area contributed by atoms with Crippen molar-refractivity contribution in [3.8, 4) is 0 Å². The zero-order valence-electron chi connectivity index (χ0n) is 41.7. The molecule has 1 aliphatic rings. The molecule has 1 fully saturated rings. The second-order valence-electron chi connectivity index (χ2n) is 18.9. The third kappa shape index (κ3) is 36.7. The number of β-amino-alcohol motifs (C(OH)–C–C–N with tert-alkyl or cyclic N) is 1. The van der Waals surface area contributed by atoms with Gasteiger partial charge in [0.05, 0.1) is 19.3 Å². The lowest BCUT2D eigenvalue weighted by molar-refractivity contribution is 0.0145. The number of carbonyl (C=O) groups excluding carboxylic acids is 2. The second-order valence-corrected chi connectivity index (χ2v) is 18.9. The van der Waals surface area contributed by atoms with Crippen LogP contribution >= 0.6 is 0 Å². The number of hydrogen-bond acceptors (Lipinski definition) is 10. The van der Waals surface area contributed by atoms with Gasteiger partial charge in [0, 0.05) is 39.3 Å². The molecule has 1 heterocycles. The number of piperazine rings is 1. The van der Waals surface area contributed by atoms with E-state index in [2.05, 4.69) is 49.4 Å². The summed E-state index contributed by atoms with van der Waals surface area (Å²) >= 11 is 0. The van der Waals surface area contributed by atoms with Crippen LogP contribution in [-0.2, 0) is 18.9 Å². The van der Waals surface area contributed by atoms with Crippen molar-refractivity contribution < 1.29 is 33.6 Å². The van der Waals surface area contributed by atoms with Gasteiger partial charge < -0.3 is 33.9 Å². The number of rotatable bonds is 44. The number of nitrogens with zero attached hydrogens (tertiary/aromatic N) is 3. The first-order chi connectivity index (χ1) is 30.3. The first-order valence-electron chi connectivity index (χ1n) is 26.8. The van der Waals surface area contributed by atoms with Crippen LogP contribution in [0.4, 0.5) is 9.59 Å². The fourth-order valence-electron chi connectivity index (χ4n) is 8.64. The molecule has 0 aromatic heterocycles. The molecule has 0 radical (unpaired) electrons.